The van der Waals surface area contributed by atoms with Crippen LogP contribution in [0.1, 0.15) is 47.9 Å². The lowest BCUT2D eigenvalue weighted by Gasteiger charge is -2.19. The highest BCUT2D eigenvalue weighted by molar-refractivity contribution is 6.36. The lowest BCUT2D eigenvalue weighted by atomic mass is 9.87. The third kappa shape index (κ3) is 6.63. The van der Waals surface area contributed by atoms with Gasteiger partial charge in [0.05, 0.1) is 13.8 Å². The molecule has 5 nitrogen and oxygen atoms in total. The number of hydrogen-bond acceptors (Lipinski definition) is 4. The lowest BCUT2D eigenvalue weighted by Crippen LogP contribution is -2.26. The third-order valence-electron chi connectivity index (χ3n) is 7.52. The Morgan fingerprint density at radius 2 is 1.85 bits per heavy atom. The maximum atomic E-state index is 12.6. The van der Waals surface area contributed by atoms with E-state index in [1.165, 1.54) is 7.11 Å². The summed E-state index contributed by atoms with van der Waals surface area (Å²) in [5.41, 5.74) is 7.21. The zero-order valence-corrected chi connectivity index (χ0v) is 24.0. The normalized spacial score (nSPS) is 17.4. The molecule has 1 aliphatic heterocycles. The van der Waals surface area contributed by atoms with Gasteiger partial charge in [-0.2, -0.15) is 0 Å². The molecule has 1 aliphatic carbocycles. The van der Waals surface area contributed by atoms with Gasteiger partial charge in [0.2, 0.25) is 0 Å². The number of fused-ring (bicyclic) bond motifs is 1. The van der Waals surface area contributed by atoms with Crippen LogP contribution in [0.25, 0.3) is 11.1 Å². The third-order valence-corrected chi connectivity index (χ3v) is 8.07. The molecule has 3 aromatic rings. The van der Waals surface area contributed by atoms with Crippen LogP contribution in [0.2, 0.25) is 10.0 Å². The van der Waals surface area contributed by atoms with E-state index in [0.717, 1.165) is 84.5 Å². The zero-order valence-electron chi connectivity index (χ0n) is 22.5. The number of ether oxygens (including phenoxy) is 2. The number of aryl methyl sites for hydroxylation is 1. The second-order valence-corrected chi connectivity index (χ2v) is 11.1. The molecule has 1 amide bonds. The van der Waals surface area contributed by atoms with E-state index in [1.807, 2.05) is 36.4 Å². The number of alkyl halides is 1. The molecule has 1 heterocycles. The number of benzene rings is 3. The molecular formula is C32H33Cl2FN2O3. The summed E-state index contributed by atoms with van der Waals surface area (Å²) in [4.78, 5) is 14.1. The van der Waals surface area contributed by atoms with Gasteiger partial charge in [0.15, 0.2) is 0 Å². The first-order chi connectivity index (χ1) is 19.4. The SMILES string of the molecule is COC(=O)Nc1ccc2c(c1)CCCC(c1ccc(Cl)cc1Cl)=C2c1ccc(O[C@H]2CCN(CCCF)C2)cc1. The molecule has 3 aromatic carbocycles. The van der Waals surface area contributed by atoms with Gasteiger partial charge in [0.25, 0.3) is 0 Å². The molecule has 40 heavy (non-hydrogen) atoms. The van der Waals surface area contributed by atoms with E-state index in [0.29, 0.717) is 22.2 Å². The van der Waals surface area contributed by atoms with Crippen LogP contribution in [0.4, 0.5) is 14.9 Å². The van der Waals surface area contributed by atoms with Crippen LogP contribution in [0.3, 0.4) is 0 Å². The summed E-state index contributed by atoms with van der Waals surface area (Å²) in [7, 11) is 1.35. The van der Waals surface area contributed by atoms with Crippen LogP contribution < -0.4 is 10.1 Å². The Balaban J connectivity index is 1.50. The number of nitrogens with zero attached hydrogens (tertiary/aromatic N) is 1. The Labute approximate surface area is 244 Å². The average molecular weight is 584 g/mol. The molecule has 0 saturated carbocycles. The summed E-state index contributed by atoms with van der Waals surface area (Å²) >= 11 is 13.0. The minimum Gasteiger partial charge on any atom is -0.489 e. The number of allylic oxidation sites excluding steroid dienone is 1. The fourth-order valence-corrected chi connectivity index (χ4v) is 6.16. The monoisotopic (exact) mass is 582 g/mol. The van der Waals surface area contributed by atoms with Gasteiger partial charge in [-0.05, 0) is 102 Å². The van der Waals surface area contributed by atoms with Crippen LogP contribution in [-0.2, 0) is 11.2 Å². The second-order valence-electron chi connectivity index (χ2n) is 10.2. The summed E-state index contributed by atoms with van der Waals surface area (Å²) in [6, 6.07) is 19.9. The van der Waals surface area contributed by atoms with Crippen LogP contribution in [0.15, 0.2) is 60.7 Å². The highest BCUT2D eigenvalue weighted by Gasteiger charge is 2.25. The van der Waals surface area contributed by atoms with Gasteiger partial charge in [-0.15, -0.1) is 0 Å². The van der Waals surface area contributed by atoms with E-state index in [4.69, 9.17) is 32.7 Å². The highest BCUT2D eigenvalue weighted by atomic mass is 35.5. The van der Waals surface area contributed by atoms with Gasteiger partial charge < -0.3 is 9.47 Å². The van der Waals surface area contributed by atoms with Gasteiger partial charge in [-0.1, -0.05) is 47.5 Å². The molecule has 0 spiro atoms. The quantitative estimate of drug-likeness (QED) is 0.290. The van der Waals surface area contributed by atoms with Gasteiger partial charge in [0.1, 0.15) is 11.9 Å². The van der Waals surface area contributed by atoms with Gasteiger partial charge >= 0.3 is 6.09 Å². The highest BCUT2D eigenvalue weighted by Crippen LogP contribution is 2.43. The average Bonchev–Trinajstić information content (AvgIpc) is 3.31. The number of carbonyl (C=O) groups is 1. The number of amides is 1. The molecule has 0 aromatic heterocycles. The van der Waals surface area contributed by atoms with Crippen LogP contribution in [0, 0.1) is 0 Å². The number of rotatable bonds is 8. The largest absolute Gasteiger partial charge is 0.489 e. The maximum absolute atomic E-state index is 12.6. The summed E-state index contributed by atoms with van der Waals surface area (Å²) in [5, 5.41) is 3.99. The molecule has 0 bridgehead atoms. The Kier molecular flexibility index (Phi) is 9.30. The molecular weight excluding hydrogens is 550 g/mol. The number of likely N-dealkylation sites (tertiary alicyclic amines) is 1. The van der Waals surface area contributed by atoms with Gasteiger partial charge in [-0.3, -0.25) is 14.6 Å². The number of nitrogens with one attached hydrogen (secondary N) is 1. The molecule has 1 fully saturated rings. The van der Waals surface area contributed by atoms with Crippen LogP contribution in [0.5, 0.6) is 5.75 Å². The smallest absolute Gasteiger partial charge is 0.411 e. The lowest BCUT2D eigenvalue weighted by molar-refractivity contribution is 0.187. The van der Waals surface area contributed by atoms with Crippen LogP contribution >= 0.6 is 23.2 Å². The van der Waals surface area contributed by atoms with Crippen molar-refractivity contribution in [3.63, 3.8) is 0 Å². The minimum absolute atomic E-state index is 0.104. The van der Waals surface area contributed by atoms with Crippen molar-refractivity contribution < 1.29 is 18.7 Å². The molecule has 8 heteroatoms. The first-order valence-corrected chi connectivity index (χ1v) is 14.4. The second kappa shape index (κ2) is 13.1. The van der Waals surface area contributed by atoms with E-state index in [9.17, 15) is 9.18 Å². The predicted molar refractivity (Wildman–Crippen MR) is 160 cm³/mol. The zero-order chi connectivity index (χ0) is 28.1. The Hall–Kier alpha value is -3.06. The van der Waals surface area contributed by atoms with E-state index in [-0.39, 0.29) is 12.8 Å². The summed E-state index contributed by atoms with van der Waals surface area (Å²) in [6.07, 6.45) is 3.72. The molecule has 0 radical (unpaired) electrons. The number of halogens is 3. The topological polar surface area (TPSA) is 50.8 Å². The van der Waals surface area contributed by atoms with Gasteiger partial charge in [0, 0.05) is 35.4 Å². The number of anilines is 1. The van der Waals surface area contributed by atoms with Crippen molar-refractivity contribution in [2.24, 2.45) is 0 Å². The van der Waals surface area contributed by atoms with Crippen molar-refractivity contribution in [2.45, 2.75) is 38.2 Å². The Morgan fingerprint density at radius 3 is 2.60 bits per heavy atom. The van der Waals surface area contributed by atoms with Crippen molar-refractivity contribution >= 4 is 46.1 Å². The number of carbonyl (C=O) groups excluding carboxylic acids is 1. The molecule has 5 rings (SSSR count). The van der Waals surface area contributed by atoms with E-state index in [2.05, 4.69) is 28.4 Å². The van der Waals surface area contributed by atoms with Crippen molar-refractivity contribution in [1.29, 1.82) is 0 Å². The number of methoxy groups -OCH3 is 1. The minimum atomic E-state index is -0.499. The molecule has 1 atom stereocenters. The molecule has 1 N–H and O–H groups in total. The first-order valence-electron chi connectivity index (χ1n) is 13.7. The summed E-state index contributed by atoms with van der Waals surface area (Å²) < 4.78 is 23.6. The van der Waals surface area contributed by atoms with Crippen molar-refractivity contribution in [3.8, 4) is 5.75 Å². The van der Waals surface area contributed by atoms with Crippen molar-refractivity contribution in [3.05, 3.63) is 93.0 Å². The first kappa shape index (κ1) is 28.5. The van der Waals surface area contributed by atoms with Crippen LogP contribution in [-0.4, -0.2) is 50.5 Å². The summed E-state index contributed by atoms with van der Waals surface area (Å²) in [6.45, 7) is 2.25. The molecule has 2 aliphatic rings. The van der Waals surface area contributed by atoms with E-state index < -0.39 is 6.09 Å². The standard InChI is InChI=1S/C32H33Cl2FN2O3/c1-39-32(38)36-24-9-13-27-22(18-24)4-2-5-29(28-12-8-23(33)19-30(28)34)31(27)21-6-10-25(11-7-21)40-26-14-17-37(20-26)16-3-15-35/h6-13,18-19,26H,2-5,14-17,20H2,1H3,(H,36,38)/t26-/m0/s1. The molecule has 1 saturated heterocycles. The molecule has 210 valence electrons. The number of hydrogen-bond donors (Lipinski definition) is 1. The van der Waals surface area contributed by atoms with Crippen molar-refractivity contribution in [2.75, 3.05) is 38.7 Å². The van der Waals surface area contributed by atoms with Gasteiger partial charge in [-0.25, -0.2) is 4.79 Å². The van der Waals surface area contributed by atoms with Crippen molar-refractivity contribution in [1.82, 2.24) is 4.90 Å². The Bertz CT molecular complexity index is 1390. The fourth-order valence-electron chi connectivity index (χ4n) is 5.64. The Morgan fingerprint density at radius 1 is 1.05 bits per heavy atom. The van der Waals surface area contributed by atoms with E-state index >= 15 is 0 Å². The molecule has 0 unspecified atom stereocenters. The summed E-state index contributed by atoms with van der Waals surface area (Å²) in [5.74, 6) is 0.819. The van der Waals surface area contributed by atoms with E-state index in [1.54, 1.807) is 6.07 Å². The maximum Gasteiger partial charge on any atom is 0.411 e. The predicted octanol–water partition coefficient (Wildman–Crippen LogP) is 8.28. The fraction of sp³-hybridized carbons (Fsp3) is 0.344.